The fraction of sp³-hybridized carbons (Fsp3) is 0.636. The third-order valence-electron chi connectivity index (χ3n) is 2.80. The van der Waals surface area contributed by atoms with Crippen LogP contribution in [0.5, 0.6) is 0 Å². The lowest BCUT2D eigenvalue weighted by molar-refractivity contribution is 0.0767. The van der Waals surface area contributed by atoms with Crippen molar-refractivity contribution in [2.75, 3.05) is 24.6 Å². The van der Waals surface area contributed by atoms with Crippen LogP contribution in [-0.4, -0.2) is 40.4 Å². The normalized spacial score (nSPS) is 18.1. The summed E-state index contributed by atoms with van der Waals surface area (Å²) in [6.07, 6.45) is 0.849. The molecule has 1 aromatic heterocycles. The molecular weight excluding hydrogens is 254 g/mol. The Balaban J connectivity index is 2.06. The lowest BCUT2D eigenvalue weighted by atomic mass is 10.2. The zero-order valence-corrected chi connectivity index (χ0v) is 11.5. The minimum atomic E-state index is -0.0431. The van der Waals surface area contributed by atoms with E-state index in [4.69, 9.17) is 5.73 Å². The topological polar surface area (TPSA) is 59.2 Å². The lowest BCUT2D eigenvalue weighted by Gasteiger charge is -2.25. The molecule has 1 amide bonds. The standard InChI is InChI=1S/C11H17N3OS2/c1-2-8(12)10-13-9(7-17-10)11(15)14-3-5-16-6-4-14/h7-8H,2-6,12H2,1H3. The Labute approximate surface area is 110 Å². The Bertz CT molecular complexity index is 388. The highest BCUT2D eigenvalue weighted by Gasteiger charge is 2.21. The van der Waals surface area contributed by atoms with Gasteiger partial charge in [0.05, 0.1) is 6.04 Å². The fourth-order valence-corrected chi connectivity index (χ4v) is 3.44. The number of hydrogen-bond acceptors (Lipinski definition) is 5. The second-order valence-electron chi connectivity index (χ2n) is 3.99. The summed E-state index contributed by atoms with van der Waals surface area (Å²) in [7, 11) is 0. The molecule has 0 bridgehead atoms. The first-order valence-electron chi connectivity index (χ1n) is 5.80. The third kappa shape index (κ3) is 3.00. The van der Waals surface area contributed by atoms with Crippen molar-refractivity contribution in [2.24, 2.45) is 5.73 Å². The van der Waals surface area contributed by atoms with Crippen molar-refractivity contribution in [3.05, 3.63) is 16.1 Å². The highest BCUT2D eigenvalue weighted by molar-refractivity contribution is 7.99. The Hall–Kier alpha value is -0.590. The summed E-state index contributed by atoms with van der Waals surface area (Å²) in [6.45, 7) is 3.68. The molecule has 1 aromatic rings. The van der Waals surface area contributed by atoms with Crippen molar-refractivity contribution in [1.29, 1.82) is 0 Å². The van der Waals surface area contributed by atoms with Gasteiger partial charge < -0.3 is 10.6 Å². The number of thiazole rings is 1. The van der Waals surface area contributed by atoms with Crippen molar-refractivity contribution < 1.29 is 4.79 Å². The van der Waals surface area contributed by atoms with E-state index < -0.39 is 0 Å². The van der Waals surface area contributed by atoms with E-state index in [-0.39, 0.29) is 11.9 Å². The molecule has 2 rings (SSSR count). The monoisotopic (exact) mass is 271 g/mol. The van der Waals surface area contributed by atoms with Gasteiger partial charge in [0.15, 0.2) is 0 Å². The number of amides is 1. The van der Waals surface area contributed by atoms with Gasteiger partial charge in [0.1, 0.15) is 10.7 Å². The second kappa shape index (κ2) is 5.84. The zero-order chi connectivity index (χ0) is 12.3. The Morgan fingerprint density at radius 3 is 2.94 bits per heavy atom. The molecule has 94 valence electrons. The third-order valence-corrected chi connectivity index (χ3v) is 4.72. The van der Waals surface area contributed by atoms with E-state index in [1.54, 1.807) is 0 Å². The predicted octanol–water partition coefficient (Wildman–Crippen LogP) is 1.74. The van der Waals surface area contributed by atoms with Gasteiger partial charge in [-0.15, -0.1) is 11.3 Å². The molecule has 1 unspecified atom stereocenters. The van der Waals surface area contributed by atoms with E-state index in [1.807, 2.05) is 29.0 Å². The molecular formula is C11H17N3OS2. The van der Waals surface area contributed by atoms with Gasteiger partial charge >= 0.3 is 0 Å². The van der Waals surface area contributed by atoms with Crippen molar-refractivity contribution in [1.82, 2.24) is 9.88 Å². The zero-order valence-electron chi connectivity index (χ0n) is 9.89. The number of thioether (sulfide) groups is 1. The van der Waals surface area contributed by atoms with Crippen LogP contribution in [0.4, 0.5) is 0 Å². The molecule has 0 radical (unpaired) electrons. The van der Waals surface area contributed by atoms with Crippen LogP contribution in [0.1, 0.15) is 34.9 Å². The maximum atomic E-state index is 12.1. The smallest absolute Gasteiger partial charge is 0.273 e. The minimum Gasteiger partial charge on any atom is -0.336 e. The molecule has 0 saturated carbocycles. The van der Waals surface area contributed by atoms with E-state index in [9.17, 15) is 4.79 Å². The van der Waals surface area contributed by atoms with E-state index in [1.165, 1.54) is 11.3 Å². The molecule has 2 heterocycles. The van der Waals surface area contributed by atoms with Crippen LogP contribution in [0.15, 0.2) is 5.38 Å². The van der Waals surface area contributed by atoms with Gasteiger partial charge in [-0.25, -0.2) is 4.98 Å². The fourth-order valence-electron chi connectivity index (χ4n) is 1.66. The van der Waals surface area contributed by atoms with Crippen LogP contribution in [0.25, 0.3) is 0 Å². The van der Waals surface area contributed by atoms with Gasteiger partial charge in [0.25, 0.3) is 5.91 Å². The minimum absolute atomic E-state index is 0.0431. The molecule has 1 atom stereocenters. The molecule has 0 spiro atoms. The molecule has 0 aromatic carbocycles. The van der Waals surface area contributed by atoms with Crippen molar-refractivity contribution >= 4 is 29.0 Å². The van der Waals surface area contributed by atoms with Gasteiger partial charge in [-0.3, -0.25) is 4.79 Å². The number of nitrogens with zero attached hydrogens (tertiary/aromatic N) is 2. The Morgan fingerprint density at radius 2 is 2.29 bits per heavy atom. The van der Waals surface area contributed by atoms with Crippen LogP contribution in [0.3, 0.4) is 0 Å². The van der Waals surface area contributed by atoms with E-state index in [0.29, 0.717) is 5.69 Å². The summed E-state index contributed by atoms with van der Waals surface area (Å²) in [5.74, 6) is 2.10. The van der Waals surface area contributed by atoms with Gasteiger partial charge in [0, 0.05) is 30.0 Å². The lowest BCUT2D eigenvalue weighted by Crippen LogP contribution is -2.38. The van der Waals surface area contributed by atoms with Gasteiger partial charge in [-0.2, -0.15) is 11.8 Å². The molecule has 17 heavy (non-hydrogen) atoms. The first-order chi connectivity index (χ1) is 8.22. The van der Waals surface area contributed by atoms with E-state index in [2.05, 4.69) is 4.98 Å². The molecule has 6 heteroatoms. The first-order valence-corrected chi connectivity index (χ1v) is 7.83. The molecule has 2 N–H and O–H groups in total. The molecule has 1 fully saturated rings. The summed E-state index contributed by atoms with van der Waals surface area (Å²) < 4.78 is 0. The molecule has 1 saturated heterocycles. The number of nitrogens with two attached hydrogens (primary N) is 1. The summed E-state index contributed by atoms with van der Waals surface area (Å²) in [5, 5.41) is 2.69. The van der Waals surface area contributed by atoms with E-state index >= 15 is 0 Å². The van der Waals surface area contributed by atoms with Crippen LogP contribution in [0.2, 0.25) is 0 Å². The summed E-state index contributed by atoms with van der Waals surface area (Å²) in [5.41, 5.74) is 6.46. The van der Waals surface area contributed by atoms with Crippen LogP contribution in [-0.2, 0) is 0 Å². The summed E-state index contributed by atoms with van der Waals surface area (Å²) in [4.78, 5) is 18.4. The maximum Gasteiger partial charge on any atom is 0.273 e. The van der Waals surface area contributed by atoms with Gasteiger partial charge in [0.2, 0.25) is 0 Å². The van der Waals surface area contributed by atoms with Crippen molar-refractivity contribution in [3.8, 4) is 0 Å². The maximum absolute atomic E-state index is 12.1. The highest BCUT2D eigenvalue weighted by atomic mass is 32.2. The second-order valence-corrected chi connectivity index (χ2v) is 6.10. The summed E-state index contributed by atoms with van der Waals surface area (Å²) in [6, 6.07) is -0.0431. The number of carbonyl (C=O) groups excluding carboxylic acids is 1. The van der Waals surface area contributed by atoms with Crippen LogP contribution in [0, 0.1) is 0 Å². The Kier molecular flexibility index (Phi) is 4.42. The highest BCUT2D eigenvalue weighted by Crippen LogP contribution is 2.20. The average Bonchev–Trinajstić information content (AvgIpc) is 2.87. The SMILES string of the molecule is CCC(N)c1nc(C(=O)N2CCSCC2)cs1. The van der Waals surface area contributed by atoms with E-state index in [0.717, 1.165) is 36.0 Å². The molecule has 4 nitrogen and oxygen atoms in total. The first kappa shape index (κ1) is 12.9. The van der Waals surface area contributed by atoms with Crippen molar-refractivity contribution in [2.45, 2.75) is 19.4 Å². The van der Waals surface area contributed by atoms with Crippen molar-refractivity contribution in [3.63, 3.8) is 0 Å². The summed E-state index contributed by atoms with van der Waals surface area (Å²) >= 11 is 3.38. The molecule has 1 aliphatic heterocycles. The number of rotatable bonds is 3. The molecule has 0 aliphatic carbocycles. The molecule has 1 aliphatic rings. The van der Waals surface area contributed by atoms with Gasteiger partial charge in [-0.05, 0) is 6.42 Å². The Morgan fingerprint density at radius 1 is 1.59 bits per heavy atom. The average molecular weight is 271 g/mol. The number of aromatic nitrogens is 1. The number of carbonyl (C=O) groups is 1. The number of hydrogen-bond donors (Lipinski definition) is 1. The van der Waals surface area contributed by atoms with Gasteiger partial charge in [-0.1, -0.05) is 6.92 Å². The largest absolute Gasteiger partial charge is 0.336 e. The predicted molar refractivity (Wildman–Crippen MR) is 72.6 cm³/mol. The quantitative estimate of drug-likeness (QED) is 0.910. The van der Waals surface area contributed by atoms with Crippen LogP contribution < -0.4 is 5.73 Å². The van der Waals surface area contributed by atoms with Crippen LogP contribution >= 0.6 is 23.1 Å².